The number of aromatic nitrogens is 2. The van der Waals surface area contributed by atoms with E-state index in [1.54, 1.807) is 0 Å². The Bertz CT molecular complexity index is 625. The van der Waals surface area contributed by atoms with Gasteiger partial charge in [-0.2, -0.15) is 5.10 Å². The van der Waals surface area contributed by atoms with E-state index >= 15 is 0 Å². The number of hydrogen-bond acceptors (Lipinski definition) is 4. The zero-order valence-corrected chi connectivity index (χ0v) is 12.9. The van der Waals surface area contributed by atoms with E-state index in [0.29, 0.717) is 19.4 Å². The molecular formula is C16H22N4O2. The molecule has 0 bridgehead atoms. The fourth-order valence-corrected chi connectivity index (χ4v) is 2.31. The van der Waals surface area contributed by atoms with Gasteiger partial charge >= 0.3 is 0 Å². The lowest BCUT2D eigenvalue weighted by molar-refractivity contribution is 0.0887. The summed E-state index contributed by atoms with van der Waals surface area (Å²) < 4.78 is 1.48. The van der Waals surface area contributed by atoms with Crippen molar-refractivity contribution >= 4 is 5.91 Å². The highest BCUT2D eigenvalue weighted by Crippen LogP contribution is 2.20. The zero-order chi connectivity index (χ0) is 16.2. The van der Waals surface area contributed by atoms with Crippen LogP contribution in [0.3, 0.4) is 0 Å². The second-order valence-corrected chi connectivity index (χ2v) is 5.29. The van der Waals surface area contributed by atoms with E-state index < -0.39 is 11.4 Å². The maximum absolute atomic E-state index is 12.4. The number of nitrogens with one attached hydrogen (secondary N) is 1. The first-order valence-electron chi connectivity index (χ1n) is 7.42. The average molecular weight is 302 g/mol. The molecule has 4 N–H and O–H groups in total. The van der Waals surface area contributed by atoms with Crippen LogP contribution >= 0.6 is 0 Å². The van der Waals surface area contributed by atoms with Crippen molar-refractivity contribution in [3.8, 4) is 11.4 Å². The van der Waals surface area contributed by atoms with E-state index in [0.717, 1.165) is 5.69 Å². The average Bonchev–Trinajstić information content (AvgIpc) is 2.95. The number of amides is 1. The lowest BCUT2D eigenvalue weighted by Gasteiger charge is -2.31. The minimum atomic E-state index is -0.472. The highest BCUT2D eigenvalue weighted by molar-refractivity contribution is 5.95. The SMILES string of the molecule is CCC(CC)(CN)NC(=O)c1nn(-c2ccccc2)cc1O. The summed E-state index contributed by atoms with van der Waals surface area (Å²) in [7, 11) is 0. The monoisotopic (exact) mass is 302 g/mol. The molecule has 22 heavy (non-hydrogen) atoms. The van der Waals surface area contributed by atoms with Gasteiger partial charge in [0, 0.05) is 6.54 Å². The van der Waals surface area contributed by atoms with E-state index in [-0.39, 0.29) is 11.4 Å². The molecule has 1 amide bonds. The van der Waals surface area contributed by atoms with Gasteiger partial charge in [0.25, 0.3) is 5.91 Å². The Hall–Kier alpha value is -2.34. The molecule has 1 aromatic heterocycles. The number of para-hydroxylation sites is 1. The quantitative estimate of drug-likeness (QED) is 0.759. The van der Waals surface area contributed by atoms with Crippen LogP contribution in [0.25, 0.3) is 5.69 Å². The smallest absolute Gasteiger partial charge is 0.276 e. The Morgan fingerprint density at radius 2 is 1.95 bits per heavy atom. The summed E-state index contributed by atoms with van der Waals surface area (Å²) in [6, 6.07) is 9.30. The molecule has 1 heterocycles. The molecule has 6 nitrogen and oxygen atoms in total. The van der Waals surface area contributed by atoms with Crippen LogP contribution in [0.4, 0.5) is 0 Å². The predicted octanol–water partition coefficient (Wildman–Crippen LogP) is 1.83. The number of nitrogens with zero attached hydrogens (tertiary/aromatic N) is 2. The molecule has 2 rings (SSSR count). The maximum atomic E-state index is 12.4. The molecular weight excluding hydrogens is 280 g/mol. The number of hydrogen-bond donors (Lipinski definition) is 3. The minimum absolute atomic E-state index is 0.00331. The lowest BCUT2D eigenvalue weighted by atomic mass is 9.93. The third-order valence-electron chi connectivity index (χ3n) is 4.05. The fraction of sp³-hybridized carbons (Fsp3) is 0.375. The van der Waals surface area contributed by atoms with Crippen molar-refractivity contribution < 1.29 is 9.90 Å². The van der Waals surface area contributed by atoms with Crippen molar-refractivity contribution in [3.05, 3.63) is 42.2 Å². The van der Waals surface area contributed by atoms with Crippen LogP contribution in [0.1, 0.15) is 37.2 Å². The first-order valence-corrected chi connectivity index (χ1v) is 7.42. The number of nitrogens with two attached hydrogens (primary N) is 1. The Labute approximate surface area is 129 Å². The molecule has 0 aliphatic rings. The van der Waals surface area contributed by atoms with Gasteiger partial charge in [-0.1, -0.05) is 32.0 Å². The maximum Gasteiger partial charge on any atom is 0.276 e. The van der Waals surface area contributed by atoms with Gasteiger partial charge in [-0.3, -0.25) is 4.79 Å². The molecule has 0 saturated heterocycles. The molecule has 118 valence electrons. The number of carbonyl (C=O) groups excluding carboxylic acids is 1. The summed E-state index contributed by atoms with van der Waals surface area (Å²) in [5.74, 6) is -0.569. The van der Waals surface area contributed by atoms with E-state index in [1.807, 2.05) is 44.2 Å². The summed E-state index contributed by atoms with van der Waals surface area (Å²) in [6.07, 6.45) is 2.85. The second kappa shape index (κ2) is 6.62. The van der Waals surface area contributed by atoms with Gasteiger partial charge in [0.1, 0.15) is 0 Å². The van der Waals surface area contributed by atoms with Gasteiger partial charge in [0.05, 0.1) is 17.4 Å². The first kappa shape index (κ1) is 16.0. The van der Waals surface area contributed by atoms with E-state index in [9.17, 15) is 9.90 Å². The minimum Gasteiger partial charge on any atom is -0.504 e. The Morgan fingerprint density at radius 1 is 1.32 bits per heavy atom. The second-order valence-electron chi connectivity index (χ2n) is 5.29. The van der Waals surface area contributed by atoms with E-state index in [2.05, 4.69) is 10.4 Å². The van der Waals surface area contributed by atoms with Crippen molar-refractivity contribution in [2.75, 3.05) is 6.54 Å². The molecule has 2 aromatic rings. The van der Waals surface area contributed by atoms with Gasteiger partial charge in [-0.05, 0) is 25.0 Å². The third-order valence-corrected chi connectivity index (χ3v) is 4.05. The summed E-state index contributed by atoms with van der Waals surface area (Å²) in [5, 5.41) is 17.1. The van der Waals surface area contributed by atoms with Crippen LogP contribution in [-0.2, 0) is 0 Å². The number of aromatic hydroxyl groups is 1. The molecule has 0 radical (unpaired) electrons. The molecule has 0 unspecified atom stereocenters. The van der Waals surface area contributed by atoms with Gasteiger partial charge in [0.2, 0.25) is 0 Å². The molecule has 0 saturated carbocycles. The van der Waals surface area contributed by atoms with Gasteiger partial charge < -0.3 is 16.2 Å². The molecule has 0 atom stereocenters. The molecule has 1 aromatic carbocycles. The Kier molecular flexibility index (Phi) is 4.82. The number of carbonyl (C=O) groups is 1. The van der Waals surface area contributed by atoms with E-state index in [4.69, 9.17) is 5.73 Å². The molecule has 0 fully saturated rings. The lowest BCUT2D eigenvalue weighted by Crippen LogP contribution is -2.53. The summed E-state index contributed by atoms with van der Waals surface area (Å²) in [5.41, 5.74) is 6.09. The highest BCUT2D eigenvalue weighted by Gasteiger charge is 2.29. The van der Waals surface area contributed by atoms with Crippen molar-refractivity contribution in [1.82, 2.24) is 15.1 Å². The van der Waals surface area contributed by atoms with Crippen LogP contribution in [-0.4, -0.2) is 32.9 Å². The standard InChI is InChI=1S/C16H22N4O2/c1-3-16(4-2,11-17)18-15(22)14-13(21)10-20(19-14)12-8-6-5-7-9-12/h5-10,21H,3-4,11,17H2,1-2H3,(H,18,22). The Balaban J connectivity index is 2.26. The third kappa shape index (κ3) is 3.12. The van der Waals surface area contributed by atoms with Crippen molar-refractivity contribution in [3.63, 3.8) is 0 Å². The Morgan fingerprint density at radius 3 is 2.50 bits per heavy atom. The summed E-state index contributed by atoms with van der Waals surface area (Å²) in [4.78, 5) is 12.4. The van der Waals surface area contributed by atoms with Crippen LogP contribution in [0.5, 0.6) is 5.75 Å². The molecule has 0 aliphatic heterocycles. The van der Waals surface area contributed by atoms with Gasteiger partial charge in [0.15, 0.2) is 11.4 Å². The largest absolute Gasteiger partial charge is 0.504 e. The van der Waals surface area contributed by atoms with Crippen LogP contribution in [0, 0.1) is 0 Å². The topological polar surface area (TPSA) is 93.2 Å². The van der Waals surface area contributed by atoms with Crippen LogP contribution in [0.2, 0.25) is 0 Å². The molecule has 0 aliphatic carbocycles. The fourth-order valence-electron chi connectivity index (χ4n) is 2.31. The first-order chi connectivity index (χ1) is 10.5. The molecule has 0 spiro atoms. The summed E-state index contributed by atoms with van der Waals surface area (Å²) in [6.45, 7) is 4.28. The van der Waals surface area contributed by atoms with E-state index in [1.165, 1.54) is 10.9 Å². The highest BCUT2D eigenvalue weighted by atomic mass is 16.3. The van der Waals surface area contributed by atoms with Crippen LogP contribution < -0.4 is 11.1 Å². The van der Waals surface area contributed by atoms with Gasteiger partial charge in [-0.15, -0.1) is 0 Å². The number of rotatable bonds is 6. The van der Waals surface area contributed by atoms with Crippen molar-refractivity contribution in [2.24, 2.45) is 5.73 Å². The van der Waals surface area contributed by atoms with Gasteiger partial charge in [-0.25, -0.2) is 4.68 Å². The predicted molar refractivity (Wildman–Crippen MR) is 85.1 cm³/mol. The number of benzene rings is 1. The van der Waals surface area contributed by atoms with Crippen molar-refractivity contribution in [2.45, 2.75) is 32.2 Å². The zero-order valence-electron chi connectivity index (χ0n) is 12.9. The van der Waals surface area contributed by atoms with Crippen LogP contribution in [0.15, 0.2) is 36.5 Å². The normalized spacial score (nSPS) is 11.4. The molecule has 6 heteroatoms. The van der Waals surface area contributed by atoms with Crippen molar-refractivity contribution in [1.29, 1.82) is 0 Å². The summed E-state index contributed by atoms with van der Waals surface area (Å²) >= 11 is 0.